The van der Waals surface area contributed by atoms with Gasteiger partial charge in [0.25, 0.3) is 5.91 Å². The lowest BCUT2D eigenvalue weighted by molar-refractivity contribution is -0.135. The second kappa shape index (κ2) is 8.41. The van der Waals surface area contributed by atoms with Gasteiger partial charge in [0.2, 0.25) is 10.0 Å². The monoisotopic (exact) mass is 411 g/mol. The van der Waals surface area contributed by atoms with E-state index >= 15 is 0 Å². The fraction of sp³-hybridized carbons (Fsp3) is 0.444. The van der Waals surface area contributed by atoms with Gasteiger partial charge in [0.15, 0.2) is 6.61 Å². The van der Waals surface area contributed by atoms with Gasteiger partial charge in [0.1, 0.15) is 11.3 Å². The van der Waals surface area contributed by atoms with Crippen molar-refractivity contribution in [2.75, 3.05) is 32.5 Å². The van der Waals surface area contributed by atoms with Crippen molar-refractivity contribution < 1.29 is 17.9 Å². The van der Waals surface area contributed by atoms with Crippen LogP contribution >= 0.6 is 11.6 Å². The average Bonchev–Trinajstić information content (AvgIpc) is 2.65. The quantitative estimate of drug-likeness (QED) is 0.785. The molecular formula is C18H22ClN3O4S. The van der Waals surface area contributed by atoms with Gasteiger partial charge in [-0.15, -0.1) is 0 Å². The number of amides is 1. The minimum Gasteiger partial charge on any atom is -0.481 e. The van der Waals surface area contributed by atoms with Gasteiger partial charge in [-0.3, -0.25) is 9.78 Å². The number of hydrogen-bond donors (Lipinski definition) is 1. The highest BCUT2D eigenvalue weighted by Crippen LogP contribution is 2.29. The second-order valence-electron chi connectivity index (χ2n) is 6.70. The molecule has 1 atom stereocenters. The number of carbonyl (C=O) groups excluding carboxylic acids is 1. The summed E-state index contributed by atoms with van der Waals surface area (Å²) in [6.07, 6.45) is 4.51. The molecule has 1 aliphatic heterocycles. The van der Waals surface area contributed by atoms with Crippen LogP contribution in [0, 0.1) is 5.92 Å². The number of ether oxygens (including phenoxy) is 1. The fourth-order valence-electron chi connectivity index (χ4n) is 3.19. The van der Waals surface area contributed by atoms with Gasteiger partial charge in [0.05, 0.1) is 11.3 Å². The third-order valence-corrected chi connectivity index (χ3v) is 5.56. The number of hydrogen-bond acceptors (Lipinski definition) is 5. The van der Waals surface area contributed by atoms with E-state index in [2.05, 4.69) is 9.71 Å². The van der Waals surface area contributed by atoms with Crippen molar-refractivity contribution in [1.82, 2.24) is 14.6 Å². The molecule has 7 nitrogen and oxygen atoms in total. The molecule has 1 saturated heterocycles. The first-order valence-electron chi connectivity index (χ1n) is 8.72. The number of likely N-dealkylation sites (tertiary alicyclic amines) is 1. The zero-order chi connectivity index (χ0) is 19.4. The summed E-state index contributed by atoms with van der Waals surface area (Å²) >= 11 is 6.17. The van der Waals surface area contributed by atoms with Gasteiger partial charge in [-0.05, 0) is 43.0 Å². The van der Waals surface area contributed by atoms with E-state index in [1.807, 2.05) is 6.07 Å². The van der Waals surface area contributed by atoms with Gasteiger partial charge >= 0.3 is 0 Å². The number of aromatic nitrogens is 1. The van der Waals surface area contributed by atoms with Gasteiger partial charge in [-0.2, -0.15) is 0 Å². The zero-order valence-electron chi connectivity index (χ0n) is 15.0. The second-order valence-corrected chi connectivity index (χ2v) is 8.94. The first kappa shape index (κ1) is 19.9. The molecule has 2 heterocycles. The van der Waals surface area contributed by atoms with Crippen molar-refractivity contribution in [3.8, 4) is 5.75 Å². The Labute approximate surface area is 163 Å². The van der Waals surface area contributed by atoms with Crippen molar-refractivity contribution >= 4 is 38.4 Å². The van der Waals surface area contributed by atoms with Crippen LogP contribution < -0.4 is 9.46 Å². The molecule has 0 radical (unpaired) electrons. The molecule has 2 aromatic rings. The molecule has 0 spiro atoms. The summed E-state index contributed by atoms with van der Waals surface area (Å²) in [6, 6.07) is 7.07. The van der Waals surface area contributed by atoms with Crippen LogP contribution in [-0.4, -0.2) is 56.7 Å². The van der Waals surface area contributed by atoms with E-state index in [1.54, 1.807) is 29.3 Å². The van der Waals surface area contributed by atoms with E-state index in [9.17, 15) is 13.2 Å². The van der Waals surface area contributed by atoms with E-state index < -0.39 is 10.0 Å². The fourth-order valence-corrected chi connectivity index (χ4v) is 3.94. The normalized spacial score (nSPS) is 17.9. The highest BCUT2D eigenvalue weighted by molar-refractivity contribution is 7.88. The molecule has 0 bridgehead atoms. The van der Waals surface area contributed by atoms with Crippen molar-refractivity contribution in [2.24, 2.45) is 5.92 Å². The summed E-state index contributed by atoms with van der Waals surface area (Å²) in [5.74, 6) is 0.490. The van der Waals surface area contributed by atoms with Gasteiger partial charge < -0.3 is 9.64 Å². The number of nitrogens with zero attached hydrogens (tertiary/aromatic N) is 2. The van der Waals surface area contributed by atoms with E-state index in [0.717, 1.165) is 24.5 Å². The maximum absolute atomic E-state index is 12.5. The number of carbonyl (C=O) groups is 1. The molecule has 3 rings (SSSR count). The molecule has 1 unspecified atom stereocenters. The Bertz CT molecular complexity index is 935. The Balaban J connectivity index is 1.60. The number of piperidine rings is 1. The van der Waals surface area contributed by atoms with Crippen molar-refractivity contribution in [2.45, 2.75) is 12.8 Å². The minimum atomic E-state index is -3.23. The number of rotatable bonds is 6. The predicted octanol–water partition coefficient (Wildman–Crippen LogP) is 2.05. The number of pyridine rings is 1. The molecule has 27 heavy (non-hydrogen) atoms. The molecule has 0 saturated carbocycles. The first-order chi connectivity index (χ1) is 12.8. The Hall–Kier alpha value is -1.90. The predicted molar refractivity (Wildman–Crippen MR) is 104 cm³/mol. The van der Waals surface area contributed by atoms with Crippen molar-refractivity contribution in [3.05, 3.63) is 35.5 Å². The summed E-state index contributed by atoms with van der Waals surface area (Å²) in [6.45, 7) is 1.41. The van der Waals surface area contributed by atoms with Gasteiger partial charge in [0, 0.05) is 31.2 Å². The van der Waals surface area contributed by atoms with E-state index in [0.29, 0.717) is 35.9 Å². The highest BCUT2D eigenvalue weighted by Gasteiger charge is 2.24. The molecular weight excluding hydrogens is 390 g/mol. The number of sulfonamides is 1. The van der Waals surface area contributed by atoms with Crippen LogP contribution in [0.15, 0.2) is 30.5 Å². The third kappa shape index (κ3) is 5.31. The number of benzene rings is 1. The third-order valence-electron chi connectivity index (χ3n) is 4.54. The Morgan fingerprint density at radius 3 is 3.00 bits per heavy atom. The lowest BCUT2D eigenvalue weighted by Crippen LogP contribution is -2.45. The van der Waals surface area contributed by atoms with Gasteiger partial charge in [-0.25, -0.2) is 13.1 Å². The molecule has 1 aromatic heterocycles. The summed E-state index contributed by atoms with van der Waals surface area (Å²) in [7, 11) is -3.23. The lowest BCUT2D eigenvalue weighted by Gasteiger charge is -2.32. The molecule has 146 valence electrons. The average molecular weight is 412 g/mol. The summed E-state index contributed by atoms with van der Waals surface area (Å²) in [5, 5.41) is 1.35. The topological polar surface area (TPSA) is 88.6 Å². The van der Waals surface area contributed by atoms with E-state index in [4.69, 9.17) is 16.3 Å². The zero-order valence-corrected chi connectivity index (χ0v) is 16.6. The maximum atomic E-state index is 12.5. The summed E-state index contributed by atoms with van der Waals surface area (Å²) < 4.78 is 30.7. The molecule has 1 aliphatic rings. The van der Waals surface area contributed by atoms with Crippen LogP contribution in [0.3, 0.4) is 0 Å². The molecule has 1 N–H and O–H groups in total. The van der Waals surface area contributed by atoms with Crippen LogP contribution in [0.1, 0.15) is 12.8 Å². The molecule has 0 aliphatic carbocycles. The SMILES string of the molecule is CS(=O)(=O)NCC1CCCN(C(=O)COc2ccc(Cl)c3cccnc23)C1. The van der Waals surface area contributed by atoms with Crippen LogP contribution in [0.5, 0.6) is 5.75 Å². The summed E-state index contributed by atoms with van der Waals surface area (Å²) in [4.78, 5) is 18.6. The van der Waals surface area contributed by atoms with E-state index in [-0.39, 0.29) is 18.4 Å². The van der Waals surface area contributed by atoms with Crippen molar-refractivity contribution in [1.29, 1.82) is 0 Å². The Morgan fingerprint density at radius 1 is 1.41 bits per heavy atom. The van der Waals surface area contributed by atoms with Crippen LogP contribution in [0.4, 0.5) is 0 Å². The standard InChI is InChI=1S/C18H22ClN3O4S/c1-27(24,25)21-10-13-4-3-9-22(11-13)17(23)12-26-16-7-6-15(19)14-5-2-8-20-18(14)16/h2,5-8,13,21H,3-4,9-12H2,1H3. The largest absolute Gasteiger partial charge is 0.481 e. The molecule has 1 aromatic carbocycles. The number of halogens is 1. The van der Waals surface area contributed by atoms with Crippen LogP contribution in [0.2, 0.25) is 5.02 Å². The highest BCUT2D eigenvalue weighted by atomic mass is 35.5. The smallest absolute Gasteiger partial charge is 0.260 e. The van der Waals surface area contributed by atoms with E-state index in [1.165, 1.54) is 0 Å². The van der Waals surface area contributed by atoms with Crippen LogP contribution in [-0.2, 0) is 14.8 Å². The molecule has 1 amide bonds. The number of fused-ring (bicyclic) bond motifs is 1. The van der Waals surface area contributed by atoms with Gasteiger partial charge in [-0.1, -0.05) is 11.6 Å². The molecule has 1 fully saturated rings. The van der Waals surface area contributed by atoms with Crippen LogP contribution in [0.25, 0.3) is 10.9 Å². The Kier molecular flexibility index (Phi) is 6.18. The first-order valence-corrected chi connectivity index (χ1v) is 11.0. The minimum absolute atomic E-state index is 0.0977. The maximum Gasteiger partial charge on any atom is 0.260 e. The lowest BCUT2D eigenvalue weighted by atomic mass is 9.98. The Morgan fingerprint density at radius 2 is 2.22 bits per heavy atom. The molecule has 9 heteroatoms. The van der Waals surface area contributed by atoms with Crippen molar-refractivity contribution in [3.63, 3.8) is 0 Å². The number of nitrogens with one attached hydrogen (secondary N) is 1. The summed E-state index contributed by atoms with van der Waals surface area (Å²) in [5.41, 5.74) is 0.617.